The van der Waals surface area contributed by atoms with Crippen molar-refractivity contribution in [2.24, 2.45) is 0 Å². The number of halogens is 3. The number of benzene rings is 2. The highest BCUT2D eigenvalue weighted by molar-refractivity contribution is 6.20. The molecule has 0 aliphatic heterocycles. The minimum Gasteiger partial charge on any atom is -0.207 e. The molecule has 1 atom stereocenters. The summed E-state index contributed by atoms with van der Waals surface area (Å²) in [5.41, 5.74) is 1.19. The standard InChI is InChI=1S/C16H15ClF2/c17-14(12-6-2-1-3-7-12)9-4-8-13-15(18)10-5-11-16(13)19/h1-3,5-7,10-11,14H,4,8-9H2. The van der Waals surface area contributed by atoms with Gasteiger partial charge in [-0.25, -0.2) is 8.78 Å². The molecule has 0 saturated heterocycles. The molecule has 0 amide bonds. The van der Waals surface area contributed by atoms with Gasteiger partial charge in [0.05, 0.1) is 5.38 Å². The molecule has 0 N–H and O–H groups in total. The average molecular weight is 281 g/mol. The third kappa shape index (κ3) is 3.77. The molecule has 19 heavy (non-hydrogen) atoms. The third-order valence-corrected chi connectivity index (χ3v) is 3.58. The Morgan fingerprint density at radius 2 is 1.53 bits per heavy atom. The molecule has 0 saturated carbocycles. The molecule has 3 heteroatoms. The summed E-state index contributed by atoms with van der Waals surface area (Å²) in [6, 6.07) is 13.7. The monoisotopic (exact) mass is 280 g/mol. The lowest BCUT2D eigenvalue weighted by atomic mass is 10.0. The lowest BCUT2D eigenvalue weighted by Crippen LogP contribution is -1.97. The largest absolute Gasteiger partial charge is 0.207 e. The number of rotatable bonds is 5. The predicted octanol–water partition coefficient (Wildman–Crippen LogP) is 5.27. The van der Waals surface area contributed by atoms with E-state index in [1.165, 1.54) is 18.2 Å². The van der Waals surface area contributed by atoms with E-state index in [0.717, 1.165) is 5.56 Å². The lowest BCUT2D eigenvalue weighted by molar-refractivity contribution is 0.545. The summed E-state index contributed by atoms with van der Waals surface area (Å²) in [6.07, 6.45) is 1.72. The highest BCUT2D eigenvalue weighted by Gasteiger charge is 2.11. The van der Waals surface area contributed by atoms with Gasteiger partial charge in [-0.15, -0.1) is 11.6 Å². The van der Waals surface area contributed by atoms with Crippen LogP contribution in [0.1, 0.15) is 29.3 Å². The van der Waals surface area contributed by atoms with E-state index >= 15 is 0 Å². The molecule has 0 heterocycles. The van der Waals surface area contributed by atoms with Gasteiger partial charge in [0.2, 0.25) is 0 Å². The van der Waals surface area contributed by atoms with Crippen molar-refractivity contribution in [3.05, 3.63) is 71.3 Å². The van der Waals surface area contributed by atoms with Crippen molar-refractivity contribution in [2.75, 3.05) is 0 Å². The van der Waals surface area contributed by atoms with Crippen molar-refractivity contribution >= 4 is 11.6 Å². The summed E-state index contributed by atoms with van der Waals surface area (Å²) in [7, 11) is 0. The lowest BCUT2D eigenvalue weighted by Gasteiger charge is -2.10. The Hall–Kier alpha value is -1.41. The number of hydrogen-bond donors (Lipinski definition) is 0. The van der Waals surface area contributed by atoms with Crippen LogP contribution in [0, 0.1) is 11.6 Å². The van der Waals surface area contributed by atoms with Gasteiger partial charge in [0, 0.05) is 5.56 Å². The zero-order valence-corrected chi connectivity index (χ0v) is 11.2. The molecule has 2 aromatic carbocycles. The Morgan fingerprint density at radius 3 is 2.16 bits per heavy atom. The Kier molecular flexibility index (Phi) is 4.92. The van der Waals surface area contributed by atoms with Gasteiger partial charge in [-0.1, -0.05) is 36.4 Å². The molecular formula is C16H15ClF2. The highest BCUT2D eigenvalue weighted by atomic mass is 35.5. The van der Waals surface area contributed by atoms with Crippen LogP contribution in [0.2, 0.25) is 0 Å². The second kappa shape index (κ2) is 6.67. The summed E-state index contributed by atoms with van der Waals surface area (Å²) >= 11 is 6.26. The molecule has 0 nitrogen and oxygen atoms in total. The summed E-state index contributed by atoms with van der Waals surface area (Å²) in [5.74, 6) is -0.961. The van der Waals surface area contributed by atoms with Gasteiger partial charge in [-0.05, 0) is 37.0 Å². The van der Waals surface area contributed by atoms with Crippen molar-refractivity contribution in [1.29, 1.82) is 0 Å². The van der Waals surface area contributed by atoms with E-state index in [4.69, 9.17) is 11.6 Å². The number of hydrogen-bond acceptors (Lipinski definition) is 0. The molecule has 2 rings (SSSR count). The molecule has 100 valence electrons. The van der Waals surface area contributed by atoms with E-state index in [0.29, 0.717) is 19.3 Å². The molecule has 0 aliphatic carbocycles. The summed E-state index contributed by atoms with van der Waals surface area (Å²) < 4.78 is 26.8. The van der Waals surface area contributed by atoms with Crippen LogP contribution >= 0.6 is 11.6 Å². The maximum atomic E-state index is 13.4. The van der Waals surface area contributed by atoms with E-state index in [1.807, 2.05) is 30.3 Å². The average Bonchev–Trinajstić information content (AvgIpc) is 2.43. The molecule has 0 aliphatic rings. The summed E-state index contributed by atoms with van der Waals surface area (Å²) in [4.78, 5) is 0. The van der Waals surface area contributed by atoms with Crippen molar-refractivity contribution in [2.45, 2.75) is 24.6 Å². The Bertz CT molecular complexity index is 505. The zero-order chi connectivity index (χ0) is 13.7. The molecule has 0 fully saturated rings. The van der Waals surface area contributed by atoms with Crippen LogP contribution in [0.5, 0.6) is 0 Å². The molecular weight excluding hydrogens is 266 g/mol. The first-order chi connectivity index (χ1) is 9.18. The van der Waals surface area contributed by atoms with Crippen LogP contribution in [-0.4, -0.2) is 0 Å². The fourth-order valence-corrected chi connectivity index (χ4v) is 2.36. The van der Waals surface area contributed by atoms with Gasteiger partial charge in [0.15, 0.2) is 0 Å². The van der Waals surface area contributed by atoms with E-state index in [2.05, 4.69) is 0 Å². The van der Waals surface area contributed by atoms with Crippen molar-refractivity contribution in [1.82, 2.24) is 0 Å². The van der Waals surface area contributed by atoms with E-state index in [9.17, 15) is 8.78 Å². The smallest absolute Gasteiger partial charge is 0.129 e. The van der Waals surface area contributed by atoms with Crippen LogP contribution in [0.4, 0.5) is 8.78 Å². The van der Waals surface area contributed by atoms with E-state index < -0.39 is 11.6 Å². The predicted molar refractivity (Wildman–Crippen MR) is 74.3 cm³/mol. The van der Waals surface area contributed by atoms with Crippen LogP contribution in [0.3, 0.4) is 0 Å². The highest BCUT2D eigenvalue weighted by Crippen LogP contribution is 2.26. The van der Waals surface area contributed by atoms with Gasteiger partial charge >= 0.3 is 0 Å². The molecule has 0 bridgehead atoms. The molecule has 1 unspecified atom stereocenters. The Morgan fingerprint density at radius 1 is 0.895 bits per heavy atom. The fourth-order valence-electron chi connectivity index (χ4n) is 2.06. The SMILES string of the molecule is Fc1cccc(F)c1CCCC(Cl)c1ccccc1. The minimum atomic E-state index is -0.481. The van der Waals surface area contributed by atoms with Crippen LogP contribution in [0.15, 0.2) is 48.5 Å². The summed E-state index contributed by atoms with van der Waals surface area (Å²) in [5, 5.41) is -0.115. The summed E-state index contributed by atoms with van der Waals surface area (Å²) in [6.45, 7) is 0. The fraction of sp³-hybridized carbons (Fsp3) is 0.250. The van der Waals surface area contributed by atoms with Gasteiger partial charge in [0.25, 0.3) is 0 Å². The first-order valence-corrected chi connectivity index (χ1v) is 6.74. The molecule has 0 spiro atoms. The van der Waals surface area contributed by atoms with E-state index in [1.54, 1.807) is 0 Å². The molecule has 0 aromatic heterocycles. The minimum absolute atomic E-state index is 0.115. The maximum Gasteiger partial charge on any atom is 0.129 e. The zero-order valence-electron chi connectivity index (χ0n) is 10.5. The Balaban J connectivity index is 1.90. The van der Waals surface area contributed by atoms with Crippen LogP contribution in [-0.2, 0) is 6.42 Å². The topological polar surface area (TPSA) is 0 Å². The molecule has 2 aromatic rings. The van der Waals surface area contributed by atoms with Gasteiger partial charge < -0.3 is 0 Å². The Labute approximate surface area is 117 Å². The van der Waals surface area contributed by atoms with E-state index in [-0.39, 0.29) is 10.9 Å². The van der Waals surface area contributed by atoms with Crippen molar-refractivity contribution < 1.29 is 8.78 Å². The van der Waals surface area contributed by atoms with Crippen molar-refractivity contribution in [3.63, 3.8) is 0 Å². The first kappa shape index (κ1) is 14.0. The van der Waals surface area contributed by atoms with Gasteiger partial charge in [-0.2, -0.15) is 0 Å². The normalized spacial score (nSPS) is 12.4. The molecule has 0 radical (unpaired) electrons. The number of alkyl halides is 1. The first-order valence-electron chi connectivity index (χ1n) is 6.30. The van der Waals surface area contributed by atoms with Crippen LogP contribution in [0.25, 0.3) is 0 Å². The van der Waals surface area contributed by atoms with Crippen molar-refractivity contribution in [3.8, 4) is 0 Å². The van der Waals surface area contributed by atoms with Gasteiger partial charge in [0.1, 0.15) is 11.6 Å². The third-order valence-electron chi connectivity index (χ3n) is 3.11. The van der Waals surface area contributed by atoms with Crippen LogP contribution < -0.4 is 0 Å². The quantitative estimate of drug-likeness (QED) is 0.655. The maximum absolute atomic E-state index is 13.4. The second-order valence-electron chi connectivity index (χ2n) is 4.47. The second-order valence-corrected chi connectivity index (χ2v) is 5.00. The van der Waals surface area contributed by atoms with Gasteiger partial charge in [-0.3, -0.25) is 0 Å².